The fourth-order valence-electron chi connectivity index (χ4n) is 2.92. The van der Waals surface area contributed by atoms with Gasteiger partial charge in [0, 0.05) is 17.7 Å². The van der Waals surface area contributed by atoms with Crippen LogP contribution in [0.4, 0.5) is 5.69 Å². The lowest BCUT2D eigenvalue weighted by Gasteiger charge is -2.26. The predicted octanol–water partition coefficient (Wildman–Crippen LogP) is 3.44. The number of hydrogen-bond acceptors (Lipinski definition) is 4. The second-order valence-corrected chi connectivity index (χ2v) is 5.70. The summed E-state index contributed by atoms with van der Waals surface area (Å²) in [6.07, 6.45) is 1.31. The first-order valence-electron chi connectivity index (χ1n) is 7.43. The van der Waals surface area contributed by atoms with Gasteiger partial charge in [-0.05, 0) is 48.2 Å². The first-order chi connectivity index (χ1) is 10.5. The van der Waals surface area contributed by atoms with E-state index in [1.807, 2.05) is 32.0 Å². The summed E-state index contributed by atoms with van der Waals surface area (Å²) in [5.41, 5.74) is 9.99. The highest BCUT2D eigenvalue weighted by molar-refractivity contribution is 5.98. The van der Waals surface area contributed by atoms with Crippen molar-refractivity contribution in [1.29, 1.82) is 0 Å². The molecule has 0 aliphatic carbocycles. The molecule has 0 bridgehead atoms. The number of phenols is 1. The van der Waals surface area contributed by atoms with Gasteiger partial charge >= 0.3 is 5.97 Å². The highest BCUT2D eigenvalue weighted by Crippen LogP contribution is 2.39. The molecule has 4 nitrogen and oxygen atoms in total. The number of anilines is 1. The van der Waals surface area contributed by atoms with Crippen LogP contribution in [0.5, 0.6) is 5.75 Å². The Balaban J connectivity index is 2.16. The number of phenolic OH excluding ortho intramolecular Hbond substituents is 1. The number of nitrogen functional groups attached to an aromatic ring is 1. The van der Waals surface area contributed by atoms with Gasteiger partial charge in [-0.3, -0.25) is 0 Å². The monoisotopic (exact) mass is 297 g/mol. The Morgan fingerprint density at radius 2 is 2.00 bits per heavy atom. The SMILES string of the molecule is CC[C@@H]1Cc2c(C)cc(-c3ccc(N)cc3)c(O)c2C(=O)O1. The van der Waals surface area contributed by atoms with Crippen molar-refractivity contribution in [1.82, 2.24) is 0 Å². The molecule has 0 spiro atoms. The molecule has 0 aromatic heterocycles. The molecule has 4 heteroatoms. The Morgan fingerprint density at radius 3 is 2.64 bits per heavy atom. The van der Waals surface area contributed by atoms with E-state index in [0.717, 1.165) is 23.1 Å². The minimum absolute atomic E-state index is 0.00933. The van der Waals surface area contributed by atoms with Crippen LogP contribution in [0.3, 0.4) is 0 Å². The van der Waals surface area contributed by atoms with Gasteiger partial charge in [0.15, 0.2) is 0 Å². The quantitative estimate of drug-likeness (QED) is 0.658. The van der Waals surface area contributed by atoms with E-state index in [0.29, 0.717) is 23.2 Å². The average Bonchev–Trinajstić information content (AvgIpc) is 2.51. The van der Waals surface area contributed by atoms with Crippen molar-refractivity contribution in [2.45, 2.75) is 32.8 Å². The number of aromatic hydroxyl groups is 1. The largest absolute Gasteiger partial charge is 0.506 e. The molecule has 0 fully saturated rings. The van der Waals surface area contributed by atoms with Crippen LogP contribution in [0, 0.1) is 6.92 Å². The second kappa shape index (κ2) is 5.37. The van der Waals surface area contributed by atoms with E-state index in [9.17, 15) is 9.90 Å². The van der Waals surface area contributed by atoms with E-state index in [4.69, 9.17) is 10.5 Å². The molecule has 3 N–H and O–H groups in total. The summed E-state index contributed by atoms with van der Waals surface area (Å²) in [5.74, 6) is -0.448. The van der Waals surface area contributed by atoms with Crippen LogP contribution in [-0.4, -0.2) is 17.2 Å². The van der Waals surface area contributed by atoms with Crippen molar-refractivity contribution in [2.75, 3.05) is 5.73 Å². The Bertz CT molecular complexity index is 735. The zero-order valence-electron chi connectivity index (χ0n) is 12.7. The number of cyclic esters (lactones) is 1. The van der Waals surface area contributed by atoms with Gasteiger partial charge in [0.1, 0.15) is 17.4 Å². The van der Waals surface area contributed by atoms with Crippen LogP contribution in [-0.2, 0) is 11.2 Å². The number of aryl methyl sites for hydroxylation is 1. The van der Waals surface area contributed by atoms with E-state index in [1.54, 1.807) is 12.1 Å². The second-order valence-electron chi connectivity index (χ2n) is 5.70. The molecule has 1 aliphatic rings. The van der Waals surface area contributed by atoms with Crippen LogP contribution in [0.15, 0.2) is 30.3 Å². The minimum atomic E-state index is -0.439. The molecule has 0 unspecified atom stereocenters. The van der Waals surface area contributed by atoms with Crippen molar-refractivity contribution in [3.05, 3.63) is 47.0 Å². The third-order valence-corrected chi connectivity index (χ3v) is 4.22. The first kappa shape index (κ1) is 14.4. The maximum atomic E-state index is 12.3. The molecular weight excluding hydrogens is 278 g/mol. The van der Waals surface area contributed by atoms with Crippen molar-refractivity contribution >= 4 is 11.7 Å². The summed E-state index contributed by atoms with van der Waals surface area (Å²) in [6, 6.07) is 9.13. The highest BCUT2D eigenvalue weighted by Gasteiger charge is 2.31. The zero-order valence-corrected chi connectivity index (χ0v) is 12.7. The summed E-state index contributed by atoms with van der Waals surface area (Å²) in [4.78, 5) is 12.3. The van der Waals surface area contributed by atoms with Crippen LogP contribution in [0.25, 0.3) is 11.1 Å². The molecule has 3 rings (SSSR count). The summed E-state index contributed by atoms with van der Waals surface area (Å²) >= 11 is 0. The zero-order chi connectivity index (χ0) is 15.9. The van der Waals surface area contributed by atoms with Gasteiger partial charge in [-0.2, -0.15) is 0 Å². The Hall–Kier alpha value is -2.49. The maximum Gasteiger partial charge on any atom is 0.342 e. The maximum absolute atomic E-state index is 12.3. The topological polar surface area (TPSA) is 72.5 Å². The van der Waals surface area contributed by atoms with Gasteiger partial charge in [0.05, 0.1) is 0 Å². The summed E-state index contributed by atoms with van der Waals surface area (Å²) in [7, 11) is 0. The normalized spacial score (nSPS) is 17.0. The molecule has 2 aromatic carbocycles. The van der Waals surface area contributed by atoms with Crippen molar-refractivity contribution in [3.8, 4) is 16.9 Å². The molecule has 0 saturated heterocycles. The number of ether oxygens (including phenoxy) is 1. The lowest BCUT2D eigenvalue weighted by atomic mass is 9.88. The molecule has 114 valence electrons. The van der Waals surface area contributed by atoms with Crippen LogP contribution < -0.4 is 5.73 Å². The molecule has 1 aliphatic heterocycles. The van der Waals surface area contributed by atoms with E-state index in [-0.39, 0.29) is 11.9 Å². The standard InChI is InChI=1S/C18H19NO3/c1-3-13-9-14-10(2)8-15(11-4-6-12(19)7-5-11)17(20)16(14)18(21)22-13/h4-8,13,20H,3,9,19H2,1-2H3/t13-/m1/s1. The number of benzene rings is 2. The average molecular weight is 297 g/mol. The van der Waals surface area contributed by atoms with Gasteiger partial charge in [-0.1, -0.05) is 19.1 Å². The number of fused-ring (bicyclic) bond motifs is 1. The number of nitrogens with two attached hydrogens (primary N) is 1. The van der Waals surface area contributed by atoms with E-state index < -0.39 is 5.97 Å². The molecule has 22 heavy (non-hydrogen) atoms. The lowest BCUT2D eigenvalue weighted by Crippen LogP contribution is -2.28. The fraction of sp³-hybridized carbons (Fsp3) is 0.278. The van der Waals surface area contributed by atoms with Gasteiger partial charge in [0.25, 0.3) is 0 Å². The van der Waals surface area contributed by atoms with Crippen LogP contribution in [0.2, 0.25) is 0 Å². The Kier molecular flexibility index (Phi) is 3.53. The highest BCUT2D eigenvalue weighted by atomic mass is 16.5. The molecule has 2 aromatic rings. The summed E-state index contributed by atoms with van der Waals surface area (Å²) in [6.45, 7) is 3.95. The van der Waals surface area contributed by atoms with Gasteiger partial charge in [-0.25, -0.2) is 4.79 Å². The Morgan fingerprint density at radius 1 is 1.32 bits per heavy atom. The van der Waals surface area contributed by atoms with Gasteiger partial charge in [0.2, 0.25) is 0 Å². The minimum Gasteiger partial charge on any atom is -0.506 e. The Labute approximate surface area is 129 Å². The lowest BCUT2D eigenvalue weighted by molar-refractivity contribution is 0.0244. The molecular formula is C18H19NO3. The molecule has 0 amide bonds. The predicted molar refractivity (Wildman–Crippen MR) is 85.9 cm³/mol. The van der Waals surface area contributed by atoms with Crippen molar-refractivity contribution < 1.29 is 14.6 Å². The molecule has 1 heterocycles. The van der Waals surface area contributed by atoms with Crippen LogP contribution >= 0.6 is 0 Å². The number of rotatable bonds is 2. The third-order valence-electron chi connectivity index (χ3n) is 4.22. The van der Waals surface area contributed by atoms with E-state index in [1.165, 1.54) is 0 Å². The van der Waals surface area contributed by atoms with Crippen molar-refractivity contribution in [3.63, 3.8) is 0 Å². The van der Waals surface area contributed by atoms with E-state index in [2.05, 4.69) is 0 Å². The summed E-state index contributed by atoms with van der Waals surface area (Å²) < 4.78 is 5.39. The molecule has 0 saturated carbocycles. The fourth-order valence-corrected chi connectivity index (χ4v) is 2.92. The van der Waals surface area contributed by atoms with Crippen LogP contribution in [0.1, 0.15) is 34.8 Å². The molecule has 0 radical (unpaired) electrons. The number of hydrogen-bond donors (Lipinski definition) is 2. The number of carbonyl (C=O) groups is 1. The van der Waals surface area contributed by atoms with Crippen molar-refractivity contribution in [2.24, 2.45) is 0 Å². The van der Waals surface area contributed by atoms with E-state index >= 15 is 0 Å². The smallest absolute Gasteiger partial charge is 0.342 e. The van der Waals surface area contributed by atoms with Gasteiger partial charge < -0.3 is 15.6 Å². The summed E-state index contributed by atoms with van der Waals surface area (Å²) in [5, 5.41) is 10.6. The number of esters is 1. The van der Waals surface area contributed by atoms with Gasteiger partial charge in [-0.15, -0.1) is 0 Å². The molecule has 1 atom stereocenters. The first-order valence-corrected chi connectivity index (χ1v) is 7.43. The third kappa shape index (κ3) is 2.30. The number of carbonyl (C=O) groups excluding carboxylic acids is 1.